The van der Waals surface area contributed by atoms with Crippen molar-refractivity contribution in [2.45, 2.75) is 32.4 Å². The third-order valence-electron chi connectivity index (χ3n) is 7.25. The number of carbonyl (C=O) groups excluding carboxylic acids is 1. The summed E-state index contributed by atoms with van der Waals surface area (Å²) in [6, 6.07) is 7.63. The zero-order valence-electron chi connectivity index (χ0n) is 22.3. The number of rotatable bonds is 6. The van der Waals surface area contributed by atoms with Gasteiger partial charge in [-0.15, -0.1) is 0 Å². The van der Waals surface area contributed by atoms with Gasteiger partial charge in [0.1, 0.15) is 5.52 Å². The van der Waals surface area contributed by atoms with Crippen molar-refractivity contribution in [2.24, 2.45) is 13.0 Å². The van der Waals surface area contributed by atoms with Gasteiger partial charge in [0.25, 0.3) is 5.91 Å². The van der Waals surface area contributed by atoms with Gasteiger partial charge in [-0.3, -0.25) is 9.48 Å². The van der Waals surface area contributed by atoms with Crippen LogP contribution in [-0.2, 0) is 7.05 Å². The summed E-state index contributed by atoms with van der Waals surface area (Å²) in [7, 11) is 1.73. The lowest BCUT2D eigenvalue weighted by Gasteiger charge is -2.38. The summed E-state index contributed by atoms with van der Waals surface area (Å²) >= 11 is 1.93. The van der Waals surface area contributed by atoms with Gasteiger partial charge in [0.05, 0.1) is 17.7 Å². The Morgan fingerprint density at radius 3 is 2.82 bits per heavy atom. The molecule has 9 nitrogen and oxygen atoms in total. The van der Waals surface area contributed by atoms with E-state index in [2.05, 4.69) is 39.5 Å². The number of thioether (sulfide) groups is 1. The van der Waals surface area contributed by atoms with Crippen molar-refractivity contribution in [3.63, 3.8) is 0 Å². The van der Waals surface area contributed by atoms with E-state index in [0.717, 1.165) is 42.1 Å². The Morgan fingerprint density at radius 1 is 1.23 bits per heavy atom. The molecule has 2 aromatic heterocycles. The lowest BCUT2D eigenvalue weighted by atomic mass is 10.0. The van der Waals surface area contributed by atoms with Crippen LogP contribution in [0.5, 0.6) is 6.01 Å². The largest absolute Gasteiger partial charge is 0.463 e. The first-order chi connectivity index (χ1) is 18.8. The number of nitrogens with zero attached hydrogens (tertiary/aromatic N) is 5. The smallest absolute Gasteiger partial charge is 0.316 e. The molecule has 1 amide bonds. The molecule has 4 aromatic rings. The number of anilines is 2. The maximum atomic E-state index is 14.7. The van der Waals surface area contributed by atoms with E-state index >= 15 is 0 Å². The molecule has 0 spiro atoms. The van der Waals surface area contributed by atoms with E-state index in [4.69, 9.17) is 9.72 Å². The summed E-state index contributed by atoms with van der Waals surface area (Å²) in [5.74, 6) is 1.82. The Balaban J connectivity index is 1.36. The van der Waals surface area contributed by atoms with E-state index in [1.807, 2.05) is 17.8 Å². The molecule has 6 rings (SSSR count). The van der Waals surface area contributed by atoms with Crippen LogP contribution in [0.2, 0.25) is 0 Å². The summed E-state index contributed by atoms with van der Waals surface area (Å²) in [4.78, 5) is 25.1. The summed E-state index contributed by atoms with van der Waals surface area (Å²) < 4.78 is 22.2. The molecule has 39 heavy (non-hydrogen) atoms. The Morgan fingerprint density at radius 2 is 2.05 bits per heavy atom. The minimum Gasteiger partial charge on any atom is -0.463 e. The van der Waals surface area contributed by atoms with Gasteiger partial charge >= 0.3 is 6.01 Å². The topological polar surface area (TPSA) is 97.2 Å². The zero-order valence-corrected chi connectivity index (χ0v) is 23.1. The number of fused-ring (bicyclic) bond motifs is 2. The van der Waals surface area contributed by atoms with Crippen LogP contribution >= 0.6 is 11.8 Å². The molecule has 0 radical (unpaired) electrons. The molecule has 204 valence electrons. The number of hydrogen-bond acceptors (Lipinski definition) is 8. The average molecular weight is 550 g/mol. The Bertz CT molecular complexity index is 1530. The predicted octanol–water partition coefficient (Wildman–Crippen LogP) is 4.23. The van der Waals surface area contributed by atoms with Crippen LogP contribution in [0, 0.1) is 11.7 Å². The molecular weight excluding hydrogens is 517 g/mol. The molecule has 4 heterocycles. The monoisotopic (exact) mass is 549 g/mol. The lowest BCUT2D eigenvalue weighted by Crippen LogP contribution is -2.54. The van der Waals surface area contributed by atoms with Crippen molar-refractivity contribution in [3.05, 3.63) is 48.0 Å². The van der Waals surface area contributed by atoms with E-state index in [1.165, 1.54) is 6.07 Å². The minimum atomic E-state index is -0.492. The van der Waals surface area contributed by atoms with Gasteiger partial charge in [-0.05, 0) is 56.0 Å². The van der Waals surface area contributed by atoms with Crippen molar-refractivity contribution in [1.82, 2.24) is 25.1 Å². The highest BCUT2D eigenvalue weighted by Crippen LogP contribution is 2.32. The quantitative estimate of drug-likeness (QED) is 0.369. The molecule has 0 bridgehead atoms. The van der Waals surface area contributed by atoms with Gasteiger partial charge in [0.15, 0.2) is 5.82 Å². The molecule has 2 fully saturated rings. The number of nitrogens with one attached hydrogen (secondary N) is 2. The average Bonchev–Trinajstić information content (AvgIpc) is 3.55. The van der Waals surface area contributed by atoms with Crippen molar-refractivity contribution < 1.29 is 13.9 Å². The SMILES string of the molecule is C[C@H]1CN(c2ccc(C(=O)Nc3cc(F)c4nn(C)cc4c3)c3nc(OCC4CCSC4)ncc23)C[C@H](C)N1. The summed E-state index contributed by atoms with van der Waals surface area (Å²) in [5.41, 5.74) is 2.48. The molecule has 2 aliphatic heterocycles. The number of aromatic nitrogens is 4. The summed E-state index contributed by atoms with van der Waals surface area (Å²) in [5, 5.41) is 11.9. The van der Waals surface area contributed by atoms with Gasteiger partial charge in [0.2, 0.25) is 0 Å². The number of amides is 1. The van der Waals surface area contributed by atoms with E-state index in [-0.39, 0.29) is 17.4 Å². The second-order valence-electron chi connectivity index (χ2n) is 10.6. The van der Waals surface area contributed by atoms with E-state index in [1.54, 1.807) is 36.3 Å². The second-order valence-corrected chi connectivity index (χ2v) is 11.8. The zero-order chi connectivity index (χ0) is 27.1. The fourth-order valence-electron chi connectivity index (χ4n) is 5.53. The molecule has 2 aromatic carbocycles. The number of benzene rings is 2. The number of hydrogen-bond donors (Lipinski definition) is 2. The van der Waals surface area contributed by atoms with Crippen molar-refractivity contribution in [1.29, 1.82) is 0 Å². The number of piperazine rings is 1. The first kappa shape index (κ1) is 25.8. The fourth-order valence-corrected chi connectivity index (χ4v) is 6.79. The van der Waals surface area contributed by atoms with Crippen molar-refractivity contribution in [2.75, 3.05) is 41.4 Å². The van der Waals surface area contributed by atoms with Crippen molar-refractivity contribution in [3.8, 4) is 6.01 Å². The number of carbonyl (C=O) groups is 1. The van der Waals surface area contributed by atoms with Crippen LogP contribution in [0.15, 0.2) is 36.7 Å². The van der Waals surface area contributed by atoms with Crippen molar-refractivity contribution >= 4 is 50.8 Å². The normalized spacial score (nSPS) is 21.5. The molecule has 0 aliphatic carbocycles. The Hall–Kier alpha value is -3.44. The summed E-state index contributed by atoms with van der Waals surface area (Å²) in [6.07, 6.45) is 4.59. The molecule has 1 unspecified atom stereocenters. The first-order valence-corrected chi connectivity index (χ1v) is 14.4. The van der Waals surface area contributed by atoms with Gasteiger partial charge in [-0.2, -0.15) is 21.8 Å². The lowest BCUT2D eigenvalue weighted by molar-refractivity contribution is 0.102. The number of aryl methyl sites for hydroxylation is 1. The van der Waals surface area contributed by atoms with Gasteiger partial charge in [-0.1, -0.05) is 0 Å². The van der Waals surface area contributed by atoms with E-state index < -0.39 is 5.82 Å². The van der Waals surface area contributed by atoms with Gasteiger partial charge in [-0.25, -0.2) is 9.37 Å². The Labute approximate surface area is 230 Å². The molecule has 2 saturated heterocycles. The standard InChI is InChI=1S/C28H32FN7O2S/c1-16-11-36(12-17(2)31-16)24-5-4-21(26-22(24)10-30-28(33-26)38-14-18-6-7-39-15-18)27(37)32-20-8-19-13-35(3)34-25(19)23(29)9-20/h4-5,8-10,13,16-18,31H,6-7,11-12,14-15H2,1-3H3,(H,32,37)/t16-,17-,18?/m0/s1. The number of ether oxygens (including phenoxy) is 1. The molecular formula is C28H32FN7O2S. The maximum absolute atomic E-state index is 14.7. The van der Waals surface area contributed by atoms with Crippen LogP contribution in [0.1, 0.15) is 30.6 Å². The fraction of sp³-hybridized carbons (Fsp3) is 0.429. The molecule has 0 saturated carbocycles. The van der Waals surface area contributed by atoms with Crippen LogP contribution < -0.4 is 20.3 Å². The third kappa shape index (κ3) is 5.38. The van der Waals surface area contributed by atoms with E-state index in [9.17, 15) is 9.18 Å². The Kier molecular flexibility index (Phi) is 7.03. The number of halogens is 1. The second kappa shape index (κ2) is 10.6. The minimum absolute atomic E-state index is 0.260. The highest BCUT2D eigenvalue weighted by atomic mass is 32.2. The molecule has 3 atom stereocenters. The van der Waals surface area contributed by atoms with Gasteiger partial charge < -0.3 is 20.3 Å². The molecule has 2 aliphatic rings. The highest BCUT2D eigenvalue weighted by Gasteiger charge is 2.25. The predicted molar refractivity (Wildman–Crippen MR) is 153 cm³/mol. The van der Waals surface area contributed by atoms with Gasteiger partial charge in [0, 0.05) is 72.7 Å². The maximum Gasteiger partial charge on any atom is 0.316 e. The molecule has 2 N–H and O–H groups in total. The van der Waals surface area contributed by atoms with Crippen LogP contribution in [0.3, 0.4) is 0 Å². The van der Waals surface area contributed by atoms with Crippen LogP contribution in [0.4, 0.5) is 15.8 Å². The molecule has 11 heteroatoms. The highest BCUT2D eigenvalue weighted by molar-refractivity contribution is 7.99. The third-order valence-corrected chi connectivity index (χ3v) is 8.49. The van der Waals surface area contributed by atoms with E-state index in [0.29, 0.717) is 46.8 Å². The first-order valence-electron chi connectivity index (χ1n) is 13.3. The van der Waals surface area contributed by atoms with Crippen LogP contribution in [0.25, 0.3) is 21.8 Å². The summed E-state index contributed by atoms with van der Waals surface area (Å²) in [6.45, 7) is 6.53. The van der Waals surface area contributed by atoms with Crippen LogP contribution in [-0.4, -0.2) is 68.9 Å².